The molecule has 10 saturated heterocycles. The van der Waals surface area contributed by atoms with Crippen LogP contribution in [0.5, 0.6) is 0 Å². The van der Waals surface area contributed by atoms with Crippen LogP contribution < -0.4 is 0 Å². The van der Waals surface area contributed by atoms with Crippen LogP contribution in [0.3, 0.4) is 0 Å². The molecule has 11 aliphatic rings. The van der Waals surface area contributed by atoms with Crippen LogP contribution in [-0.2, 0) is 8.89 Å². The first-order chi connectivity index (χ1) is 7.65. The molecular weight excluding hydrogens is 228 g/mol. The Balaban J connectivity index is 1.69. The average Bonchev–Trinajstić information content (AvgIpc) is 3.20. The molecule has 0 saturated carbocycles. The van der Waals surface area contributed by atoms with Gasteiger partial charge in [-0.05, 0) is 0 Å². The SMILES string of the molecule is C1=CCC([C]23[CH]4[CH]5[CH]6[CH]2[Ti]56432789[CH]3[CH]2[CH]7[CH]8[CH]39)=C1. The van der Waals surface area contributed by atoms with Crippen molar-refractivity contribution in [3.8, 4) is 0 Å². The molecule has 1 heteroatoms. The van der Waals surface area contributed by atoms with Gasteiger partial charge in [-0.2, -0.15) is 0 Å². The van der Waals surface area contributed by atoms with E-state index < -0.39 is 8.89 Å². The molecule has 11 rings (SSSR count). The van der Waals surface area contributed by atoms with E-state index in [2.05, 4.69) is 18.2 Å². The van der Waals surface area contributed by atoms with E-state index in [1.807, 2.05) is 5.57 Å². The molecule has 10 aliphatic heterocycles. The van der Waals surface area contributed by atoms with Gasteiger partial charge in [-0.15, -0.1) is 0 Å². The molecule has 4 atom stereocenters. The number of allylic oxidation sites excluding steroid dienone is 4. The third-order valence-electron chi connectivity index (χ3n) is 21.6. The van der Waals surface area contributed by atoms with Gasteiger partial charge < -0.3 is 0 Å². The summed E-state index contributed by atoms with van der Waals surface area (Å²) in [6.07, 6.45) is 8.86. The van der Waals surface area contributed by atoms with Crippen LogP contribution >= 0.6 is 0 Å². The van der Waals surface area contributed by atoms with Gasteiger partial charge >= 0.3 is 80.8 Å². The van der Waals surface area contributed by atoms with Gasteiger partial charge in [0.2, 0.25) is 0 Å². The molecule has 0 radical (unpaired) electrons. The zero-order valence-corrected chi connectivity index (χ0v) is 10.7. The first-order valence-corrected chi connectivity index (χ1v) is 17.0. The minimum atomic E-state index is -3.11. The average molecular weight is 242 g/mol. The molecule has 1 aliphatic carbocycles. The Hall–Kier alpha value is 0.194. The van der Waals surface area contributed by atoms with Crippen molar-refractivity contribution in [3.05, 3.63) is 23.8 Å². The first kappa shape index (κ1) is 5.45. The third kappa shape index (κ3) is 0.0483. The van der Waals surface area contributed by atoms with Gasteiger partial charge in [-0.1, -0.05) is 0 Å². The number of fused-ring (bicyclic) bond motifs is 10. The van der Waals surface area contributed by atoms with Crippen molar-refractivity contribution < 1.29 is 8.89 Å². The van der Waals surface area contributed by atoms with E-state index >= 15 is 0 Å². The monoisotopic (exact) mass is 242 g/mol. The summed E-state index contributed by atoms with van der Waals surface area (Å²) in [5, 5.41) is 0. The summed E-state index contributed by atoms with van der Waals surface area (Å²) in [6.45, 7) is 0. The van der Waals surface area contributed by atoms with Gasteiger partial charge in [0.25, 0.3) is 0 Å². The maximum atomic E-state index is 2.60. The van der Waals surface area contributed by atoms with E-state index in [1.165, 1.54) is 44.4 Å². The molecule has 78 valence electrons. The normalized spacial score (nSPS) is 130. The second kappa shape index (κ2) is 0.422. The van der Waals surface area contributed by atoms with E-state index in [0.29, 0.717) is 0 Å². The molecule has 0 aromatic carbocycles. The summed E-state index contributed by atoms with van der Waals surface area (Å²) in [7, 11) is -3.11. The summed E-state index contributed by atoms with van der Waals surface area (Å²) in [6, 6.07) is 0. The van der Waals surface area contributed by atoms with E-state index in [9.17, 15) is 0 Å². The van der Waals surface area contributed by atoms with Gasteiger partial charge in [0.15, 0.2) is 0 Å². The predicted octanol–water partition coefficient (Wildman–Crippen LogP) is 4.63. The van der Waals surface area contributed by atoms with Crippen LogP contribution in [-0.4, -0.2) is 0 Å². The van der Waals surface area contributed by atoms with Gasteiger partial charge in [-0.3, -0.25) is 0 Å². The van der Waals surface area contributed by atoms with E-state index in [4.69, 9.17) is 0 Å². The Labute approximate surface area is 80.7 Å². The fourth-order valence-corrected chi connectivity index (χ4v) is 148. The summed E-state index contributed by atoms with van der Waals surface area (Å²) in [5.41, 5.74) is 2.04. The third-order valence-corrected chi connectivity index (χ3v) is 81.5. The quantitative estimate of drug-likeness (QED) is 0.588. The molecule has 10 fully saturated rings. The number of hydrogen-bond acceptors (Lipinski definition) is 0. The fourth-order valence-electron chi connectivity index (χ4n) is 25.6. The molecule has 0 nitrogen and oxygen atoms in total. The molecule has 1 spiro atoms. The fraction of sp³-hybridized carbons (Fsp3) is 0.733. The van der Waals surface area contributed by atoms with Gasteiger partial charge in [0, 0.05) is 0 Å². The zero-order valence-electron chi connectivity index (χ0n) is 9.14. The van der Waals surface area contributed by atoms with Crippen LogP contribution in [0.2, 0.25) is 41.7 Å². The zero-order chi connectivity index (χ0) is 9.42. The second-order valence-electron chi connectivity index (χ2n) is 14.1. The van der Waals surface area contributed by atoms with Crippen molar-refractivity contribution in [1.29, 1.82) is 0 Å². The molecule has 16 heavy (non-hydrogen) atoms. The predicted molar refractivity (Wildman–Crippen MR) is 58.3 cm³/mol. The summed E-state index contributed by atoms with van der Waals surface area (Å²) < 4.78 is 14.8. The van der Waals surface area contributed by atoms with Crippen LogP contribution in [0.4, 0.5) is 0 Å². The van der Waals surface area contributed by atoms with E-state index in [-0.39, 0.29) is 0 Å². The number of rotatable bonds is 1. The Bertz CT molecular complexity index is 960. The summed E-state index contributed by atoms with van der Waals surface area (Å²) in [4.78, 5) is 0. The molecule has 0 bridgehead atoms. The van der Waals surface area contributed by atoms with Crippen molar-refractivity contribution in [2.45, 2.75) is 48.1 Å². The molecule has 0 aromatic rings. The van der Waals surface area contributed by atoms with Crippen molar-refractivity contribution >= 4 is 0 Å². The standard InChI is InChI=1S/C10H9.C5H5.Ti/c1-2-6-9(5-1)10-7-3-4-8-10;1-2-4-5-3-1;/h1-7H,8H2;1-5H;. The van der Waals surface area contributed by atoms with Gasteiger partial charge in [0.1, 0.15) is 0 Å². The Morgan fingerprint density at radius 3 is 1.88 bits per heavy atom. The first-order valence-electron chi connectivity index (χ1n) is 8.06. The van der Waals surface area contributed by atoms with Crippen LogP contribution in [0, 0.1) is 0 Å². The van der Waals surface area contributed by atoms with Gasteiger partial charge in [-0.25, -0.2) is 0 Å². The van der Waals surface area contributed by atoms with Crippen molar-refractivity contribution in [2.75, 3.05) is 0 Å². The molecule has 4 unspecified atom stereocenters. The van der Waals surface area contributed by atoms with Crippen LogP contribution in [0.25, 0.3) is 0 Å². The van der Waals surface area contributed by atoms with E-state index in [0.717, 1.165) is 3.72 Å². The molecule has 0 N–H and O–H groups in total. The summed E-state index contributed by atoms with van der Waals surface area (Å²) >= 11 is 0. The van der Waals surface area contributed by atoms with Crippen LogP contribution in [0.1, 0.15) is 6.42 Å². The Morgan fingerprint density at radius 2 is 1.56 bits per heavy atom. The van der Waals surface area contributed by atoms with Crippen molar-refractivity contribution in [2.24, 2.45) is 0 Å². The molecule has 0 amide bonds. The Kier molecular flexibility index (Phi) is 0.144. The topological polar surface area (TPSA) is 0 Å². The van der Waals surface area contributed by atoms with Crippen molar-refractivity contribution in [3.63, 3.8) is 0 Å². The second-order valence-corrected chi connectivity index (χ2v) is 47.4. The van der Waals surface area contributed by atoms with Gasteiger partial charge in [0.05, 0.1) is 0 Å². The number of hydrogen-bond donors (Lipinski definition) is 0. The minimum absolute atomic E-state index is 1.10. The molecule has 0 aromatic heterocycles. The molecular formula is C15H14Ti. The maximum absolute atomic E-state index is 3.11. The van der Waals surface area contributed by atoms with Crippen molar-refractivity contribution in [1.82, 2.24) is 0 Å². The Morgan fingerprint density at radius 1 is 0.938 bits per heavy atom. The molecule has 10 heterocycles. The van der Waals surface area contributed by atoms with E-state index in [1.54, 1.807) is 0 Å². The van der Waals surface area contributed by atoms with Crippen LogP contribution in [0.15, 0.2) is 23.8 Å². The summed E-state index contributed by atoms with van der Waals surface area (Å²) in [5.74, 6) is 0.